The van der Waals surface area contributed by atoms with Crippen molar-refractivity contribution in [2.24, 2.45) is 0 Å². The van der Waals surface area contributed by atoms with Gasteiger partial charge in [-0.1, -0.05) is 54.1 Å². The van der Waals surface area contributed by atoms with Crippen LogP contribution in [0.4, 0.5) is 5.82 Å². The summed E-state index contributed by atoms with van der Waals surface area (Å²) in [6.07, 6.45) is 0. The fourth-order valence-electron chi connectivity index (χ4n) is 4.27. The molecule has 0 saturated carbocycles. The summed E-state index contributed by atoms with van der Waals surface area (Å²) >= 11 is 6.26. The van der Waals surface area contributed by atoms with Gasteiger partial charge >= 0.3 is 0 Å². The van der Waals surface area contributed by atoms with Crippen LogP contribution < -0.4 is 9.96 Å². The Morgan fingerprint density at radius 2 is 1.94 bits per heavy atom. The molecule has 0 spiro atoms. The van der Waals surface area contributed by atoms with Crippen molar-refractivity contribution in [2.75, 3.05) is 38.6 Å². The third-order valence-electron chi connectivity index (χ3n) is 5.77. The monoisotopic (exact) mass is 453 g/mol. The summed E-state index contributed by atoms with van der Waals surface area (Å²) in [6, 6.07) is 16.7. The smallest absolute Gasteiger partial charge is 0.283 e. The van der Waals surface area contributed by atoms with E-state index in [9.17, 15) is 10.0 Å². The molecule has 2 aromatic carbocycles. The van der Waals surface area contributed by atoms with Crippen molar-refractivity contribution in [1.29, 1.82) is 0 Å². The molecule has 0 fully saturated rings. The quantitative estimate of drug-likeness (QED) is 0.581. The highest BCUT2D eigenvalue weighted by atomic mass is 35.5. The molecule has 4 rings (SSSR count). The van der Waals surface area contributed by atoms with Crippen LogP contribution >= 0.6 is 11.6 Å². The van der Waals surface area contributed by atoms with E-state index in [2.05, 4.69) is 0 Å². The van der Waals surface area contributed by atoms with E-state index in [0.717, 1.165) is 22.4 Å². The molecule has 1 aliphatic rings. The number of anilines is 1. The summed E-state index contributed by atoms with van der Waals surface area (Å²) in [7, 11) is 3.94. The molecule has 2 atom stereocenters. The first kappa shape index (κ1) is 22.5. The van der Waals surface area contributed by atoms with E-state index in [-0.39, 0.29) is 17.5 Å². The largest absolute Gasteiger partial charge is 0.633 e. The molecule has 1 aromatic heterocycles. The number of hydrogen-bond donors (Lipinski definition) is 1. The van der Waals surface area contributed by atoms with Gasteiger partial charge in [0.15, 0.2) is 6.54 Å². The van der Waals surface area contributed by atoms with Gasteiger partial charge in [0.05, 0.1) is 17.8 Å². The highest BCUT2D eigenvalue weighted by Crippen LogP contribution is 2.35. The number of carbonyl (C=O) groups excluding carboxylic acids is 1. The van der Waals surface area contributed by atoms with Gasteiger partial charge in [-0.05, 0) is 38.7 Å². The van der Waals surface area contributed by atoms with Crippen LogP contribution in [0.1, 0.15) is 28.4 Å². The number of amides is 1. The molecule has 0 saturated heterocycles. The molecule has 3 aromatic rings. The van der Waals surface area contributed by atoms with Crippen LogP contribution in [-0.4, -0.2) is 54.3 Å². The van der Waals surface area contributed by atoms with Gasteiger partial charge < -0.3 is 15.2 Å². The number of nitrogens with one attached hydrogen (secondary N) is 1. The lowest BCUT2D eigenvalue weighted by atomic mass is 9.98. The predicted molar refractivity (Wildman–Crippen MR) is 126 cm³/mol. The number of quaternary nitrogens is 1. The Balaban J connectivity index is 1.88. The van der Waals surface area contributed by atoms with Crippen LogP contribution in [-0.2, 0) is 11.3 Å². The van der Waals surface area contributed by atoms with E-state index >= 15 is 0 Å². The van der Waals surface area contributed by atoms with Crippen molar-refractivity contribution in [3.05, 3.63) is 87.2 Å². The van der Waals surface area contributed by atoms with E-state index in [1.807, 2.05) is 79.1 Å². The third-order valence-corrected chi connectivity index (χ3v) is 6.00. The van der Waals surface area contributed by atoms with Crippen LogP contribution in [0.15, 0.2) is 54.6 Å². The maximum atomic E-state index is 13.4. The van der Waals surface area contributed by atoms with E-state index in [0.29, 0.717) is 30.5 Å². The number of carbonyl (C=O) groups is 1. The summed E-state index contributed by atoms with van der Waals surface area (Å²) in [5.74, 6) is 0.505. The minimum atomic E-state index is -0.582. The fraction of sp³-hybridized carbons (Fsp3) is 0.333. The van der Waals surface area contributed by atoms with Gasteiger partial charge in [-0.3, -0.25) is 9.69 Å². The molecule has 2 unspecified atom stereocenters. The fourth-order valence-corrected chi connectivity index (χ4v) is 4.47. The molecule has 0 bridgehead atoms. The summed E-state index contributed by atoms with van der Waals surface area (Å²) < 4.78 is 1.86. The van der Waals surface area contributed by atoms with Gasteiger partial charge in [0.2, 0.25) is 0 Å². The van der Waals surface area contributed by atoms with Gasteiger partial charge in [0.1, 0.15) is 11.9 Å². The minimum Gasteiger partial charge on any atom is -0.633 e. The number of hydrogen-bond acceptors (Lipinski definition) is 4. The average molecular weight is 454 g/mol. The summed E-state index contributed by atoms with van der Waals surface area (Å²) in [6.45, 7) is 3.43. The number of nitrogens with zero attached hydrogens (tertiary/aromatic N) is 4. The number of benzene rings is 2. The Morgan fingerprint density at radius 1 is 1.19 bits per heavy atom. The van der Waals surface area contributed by atoms with Crippen LogP contribution in [0.3, 0.4) is 0 Å². The highest BCUT2D eigenvalue weighted by Gasteiger charge is 2.39. The summed E-state index contributed by atoms with van der Waals surface area (Å²) in [5.41, 5.74) is 3.40. The SMILES string of the molecule is Cc1nn(Cc2ccccc2)c2c1C(c1cccc(Cl)c1)[NH+]([O-])CC(=O)N2CCN(C)C. The lowest BCUT2D eigenvalue weighted by Crippen LogP contribution is -3.08. The first-order valence-electron chi connectivity index (χ1n) is 10.7. The molecule has 2 heterocycles. The zero-order chi connectivity index (χ0) is 22.8. The van der Waals surface area contributed by atoms with Crippen molar-refractivity contribution in [1.82, 2.24) is 14.7 Å². The Labute approximate surface area is 193 Å². The number of likely N-dealkylation sites (N-methyl/N-ethyl adjacent to an activating group) is 1. The number of hydroxylamine groups is 2. The number of halogens is 1. The first-order chi connectivity index (χ1) is 15.3. The Morgan fingerprint density at radius 3 is 2.62 bits per heavy atom. The molecule has 1 aliphatic heterocycles. The molecule has 1 N–H and O–H groups in total. The van der Waals surface area contributed by atoms with Crippen LogP contribution in [0.2, 0.25) is 5.02 Å². The molecule has 1 amide bonds. The topological polar surface area (TPSA) is 68.9 Å². The van der Waals surface area contributed by atoms with Crippen molar-refractivity contribution in [3.8, 4) is 0 Å². The lowest BCUT2D eigenvalue weighted by molar-refractivity contribution is -0.866. The molecule has 8 heteroatoms. The van der Waals surface area contributed by atoms with Crippen molar-refractivity contribution in [2.45, 2.75) is 19.5 Å². The normalized spacial score (nSPS) is 18.7. The first-order valence-corrected chi connectivity index (χ1v) is 11.1. The van der Waals surface area contributed by atoms with E-state index in [4.69, 9.17) is 16.7 Å². The van der Waals surface area contributed by atoms with Gasteiger partial charge in [-0.15, -0.1) is 0 Å². The van der Waals surface area contributed by atoms with Crippen molar-refractivity contribution < 1.29 is 9.86 Å². The number of rotatable bonds is 6. The summed E-state index contributed by atoms with van der Waals surface area (Å²) in [5, 5.41) is 18.6. The molecular weight excluding hydrogens is 426 g/mol. The third kappa shape index (κ3) is 4.56. The molecular formula is C24H28ClN5O2. The molecule has 168 valence electrons. The number of aryl methyl sites for hydroxylation is 1. The van der Waals surface area contributed by atoms with Gasteiger partial charge in [-0.2, -0.15) is 5.10 Å². The van der Waals surface area contributed by atoms with Gasteiger partial charge in [0.25, 0.3) is 5.91 Å². The Bertz CT molecular complexity index is 1100. The van der Waals surface area contributed by atoms with Crippen molar-refractivity contribution >= 4 is 23.3 Å². The Hall–Kier alpha value is -2.71. The second kappa shape index (κ2) is 9.42. The number of fused-ring (bicyclic) bond motifs is 1. The number of aromatic nitrogens is 2. The van der Waals surface area contributed by atoms with Crippen LogP contribution in [0.5, 0.6) is 0 Å². The van der Waals surface area contributed by atoms with Crippen molar-refractivity contribution in [3.63, 3.8) is 0 Å². The second-order valence-corrected chi connectivity index (χ2v) is 8.88. The second-order valence-electron chi connectivity index (χ2n) is 8.45. The average Bonchev–Trinajstić information content (AvgIpc) is 2.98. The maximum absolute atomic E-state index is 13.4. The summed E-state index contributed by atoms with van der Waals surface area (Å²) in [4.78, 5) is 17.0. The maximum Gasteiger partial charge on any atom is 0.283 e. The van der Waals surface area contributed by atoms with E-state index in [1.165, 1.54) is 0 Å². The minimum absolute atomic E-state index is 0.131. The van der Waals surface area contributed by atoms with Gasteiger partial charge in [0, 0.05) is 23.7 Å². The predicted octanol–water partition coefficient (Wildman–Crippen LogP) is 2.27. The Kier molecular flexibility index (Phi) is 6.62. The highest BCUT2D eigenvalue weighted by molar-refractivity contribution is 6.30. The zero-order valence-corrected chi connectivity index (χ0v) is 19.3. The molecule has 0 radical (unpaired) electrons. The molecule has 32 heavy (non-hydrogen) atoms. The standard InChI is InChI=1S/C24H28ClN5O2/c1-17-22-23(19-10-7-11-20(25)14-19)30(32)16-21(31)28(13-12-27(2)3)24(22)29(26-17)15-18-8-5-4-6-9-18/h4-11,14,23,30H,12-13,15-16H2,1-3H3. The van der Waals surface area contributed by atoms with Crippen LogP contribution in [0.25, 0.3) is 0 Å². The molecule has 7 nitrogen and oxygen atoms in total. The van der Waals surface area contributed by atoms with Crippen LogP contribution in [0, 0.1) is 12.1 Å². The van der Waals surface area contributed by atoms with E-state index in [1.54, 1.807) is 11.0 Å². The lowest BCUT2D eigenvalue weighted by Gasteiger charge is -2.29. The van der Waals surface area contributed by atoms with E-state index < -0.39 is 6.04 Å². The van der Waals surface area contributed by atoms with Gasteiger partial charge in [-0.25, -0.2) is 4.68 Å². The zero-order valence-electron chi connectivity index (χ0n) is 18.6. The molecule has 0 aliphatic carbocycles.